The van der Waals surface area contributed by atoms with E-state index in [0.29, 0.717) is 24.0 Å². The Bertz CT molecular complexity index is 232. The molecule has 0 amide bonds. The lowest BCUT2D eigenvalue weighted by Crippen LogP contribution is -2.37. The van der Waals surface area contributed by atoms with Gasteiger partial charge in [-0.25, -0.2) is 0 Å². The summed E-state index contributed by atoms with van der Waals surface area (Å²) >= 11 is 1.66. The molecule has 15 heavy (non-hydrogen) atoms. The first kappa shape index (κ1) is 11.5. The summed E-state index contributed by atoms with van der Waals surface area (Å²) in [6.07, 6.45) is 4.92. The maximum Gasteiger partial charge on any atom is 0.145 e. The van der Waals surface area contributed by atoms with Crippen molar-refractivity contribution in [1.29, 1.82) is 0 Å². The van der Waals surface area contributed by atoms with Crippen LogP contribution in [0.2, 0.25) is 0 Å². The molecule has 0 heterocycles. The van der Waals surface area contributed by atoms with Crippen molar-refractivity contribution in [3.63, 3.8) is 0 Å². The Balaban J connectivity index is 1.86. The molecule has 2 aliphatic carbocycles. The Morgan fingerprint density at radius 1 is 1.33 bits per heavy atom. The van der Waals surface area contributed by atoms with Gasteiger partial charge in [0.25, 0.3) is 0 Å². The average Bonchev–Trinajstić information content (AvgIpc) is 3.07. The van der Waals surface area contributed by atoms with E-state index in [-0.39, 0.29) is 5.78 Å². The zero-order chi connectivity index (χ0) is 10.9. The minimum atomic E-state index is -0.620. The fourth-order valence-electron chi connectivity index (χ4n) is 2.37. The van der Waals surface area contributed by atoms with Crippen LogP contribution in [0.4, 0.5) is 0 Å². The molecule has 0 aromatic heterocycles. The molecule has 0 spiro atoms. The highest BCUT2D eigenvalue weighted by Crippen LogP contribution is 2.53. The van der Waals surface area contributed by atoms with Gasteiger partial charge in [0.05, 0.1) is 11.4 Å². The largest absolute Gasteiger partial charge is 0.389 e. The van der Waals surface area contributed by atoms with Crippen LogP contribution in [0.1, 0.15) is 39.0 Å². The normalized spacial score (nSPS) is 21.7. The predicted octanol–water partition coefficient (Wildman–Crippen LogP) is 2.25. The van der Waals surface area contributed by atoms with Crippen molar-refractivity contribution in [2.75, 3.05) is 11.5 Å². The molecule has 0 saturated heterocycles. The smallest absolute Gasteiger partial charge is 0.145 e. The molecule has 0 unspecified atom stereocenters. The van der Waals surface area contributed by atoms with Crippen LogP contribution >= 0.6 is 11.8 Å². The van der Waals surface area contributed by atoms with E-state index in [4.69, 9.17) is 0 Å². The number of thioether (sulfide) groups is 1. The number of Topliss-reactive ketones (excluding diaryl/α,β-unsaturated/α-hetero) is 1. The third-order valence-electron chi connectivity index (χ3n) is 3.52. The van der Waals surface area contributed by atoms with Crippen molar-refractivity contribution >= 4 is 17.5 Å². The quantitative estimate of drug-likeness (QED) is 0.726. The van der Waals surface area contributed by atoms with Gasteiger partial charge in [0.2, 0.25) is 0 Å². The van der Waals surface area contributed by atoms with Crippen LogP contribution in [0.25, 0.3) is 0 Å². The number of carbonyl (C=O) groups excluding carboxylic acids is 1. The van der Waals surface area contributed by atoms with Crippen LogP contribution in [0.3, 0.4) is 0 Å². The van der Waals surface area contributed by atoms with E-state index in [1.54, 1.807) is 11.8 Å². The molecule has 3 heteroatoms. The predicted molar refractivity (Wildman–Crippen MR) is 63.0 cm³/mol. The Hall–Kier alpha value is -0.0200. The molecule has 0 bridgehead atoms. The molecule has 2 saturated carbocycles. The van der Waals surface area contributed by atoms with Gasteiger partial charge in [-0.15, -0.1) is 0 Å². The number of hydrogen-bond donors (Lipinski definition) is 1. The Morgan fingerprint density at radius 2 is 1.87 bits per heavy atom. The Labute approximate surface area is 95.8 Å². The molecule has 0 radical (unpaired) electrons. The summed E-state index contributed by atoms with van der Waals surface area (Å²) in [4.78, 5) is 11.7. The third kappa shape index (κ3) is 2.76. The first-order valence-electron chi connectivity index (χ1n) is 5.98. The number of aliphatic hydroxyl groups is 1. The molecule has 2 aliphatic rings. The molecule has 0 aromatic rings. The third-order valence-corrected chi connectivity index (χ3v) is 4.45. The zero-order valence-electron chi connectivity index (χ0n) is 9.37. The standard InChI is InChI=1S/C12H20O2S/c1-2-15-8-11(13)7-12(14,9-3-4-9)10-5-6-10/h9-10,14H,2-8H2,1H3. The van der Waals surface area contributed by atoms with Gasteiger partial charge in [-0.1, -0.05) is 6.92 Å². The van der Waals surface area contributed by atoms with E-state index in [1.807, 2.05) is 0 Å². The highest BCUT2D eigenvalue weighted by molar-refractivity contribution is 7.99. The Morgan fingerprint density at radius 3 is 2.27 bits per heavy atom. The van der Waals surface area contributed by atoms with Crippen LogP contribution in [0.5, 0.6) is 0 Å². The summed E-state index contributed by atoms with van der Waals surface area (Å²) < 4.78 is 0. The first-order valence-corrected chi connectivity index (χ1v) is 7.14. The lowest BCUT2D eigenvalue weighted by molar-refractivity contribution is -0.123. The van der Waals surface area contributed by atoms with E-state index in [9.17, 15) is 9.90 Å². The fraction of sp³-hybridized carbons (Fsp3) is 0.917. The second-order valence-corrected chi connectivity index (χ2v) is 6.17. The van der Waals surface area contributed by atoms with Crippen LogP contribution in [0, 0.1) is 11.8 Å². The lowest BCUT2D eigenvalue weighted by atomic mass is 9.87. The van der Waals surface area contributed by atoms with E-state index >= 15 is 0 Å². The molecule has 0 aromatic carbocycles. The molecule has 0 atom stereocenters. The van der Waals surface area contributed by atoms with Crippen LogP contribution in [0.15, 0.2) is 0 Å². The Kier molecular flexibility index (Phi) is 3.41. The zero-order valence-corrected chi connectivity index (χ0v) is 10.2. The molecule has 0 aliphatic heterocycles. The van der Waals surface area contributed by atoms with Gasteiger partial charge in [-0.05, 0) is 43.3 Å². The molecular formula is C12H20O2S. The number of ketones is 1. The monoisotopic (exact) mass is 228 g/mol. The summed E-state index contributed by atoms with van der Waals surface area (Å²) in [7, 11) is 0. The molecule has 2 nitrogen and oxygen atoms in total. The van der Waals surface area contributed by atoms with Crippen LogP contribution in [-0.4, -0.2) is 28.0 Å². The number of hydrogen-bond acceptors (Lipinski definition) is 3. The molecule has 2 rings (SSSR count). The van der Waals surface area contributed by atoms with Gasteiger partial charge in [0.1, 0.15) is 5.78 Å². The summed E-state index contributed by atoms with van der Waals surface area (Å²) in [6.45, 7) is 2.06. The summed E-state index contributed by atoms with van der Waals surface area (Å²) in [6, 6.07) is 0. The SMILES string of the molecule is CCSCC(=O)CC(O)(C1CC1)C1CC1. The lowest BCUT2D eigenvalue weighted by Gasteiger charge is -2.27. The number of rotatable bonds is 7. The fourth-order valence-corrected chi connectivity index (χ4v) is 2.91. The second kappa shape index (κ2) is 4.46. The minimum Gasteiger partial charge on any atom is -0.389 e. The van der Waals surface area contributed by atoms with E-state index in [2.05, 4.69) is 6.92 Å². The van der Waals surface area contributed by atoms with Crippen LogP contribution < -0.4 is 0 Å². The average molecular weight is 228 g/mol. The minimum absolute atomic E-state index is 0.239. The van der Waals surface area contributed by atoms with Gasteiger partial charge in [0, 0.05) is 6.42 Å². The van der Waals surface area contributed by atoms with Gasteiger partial charge in [-0.3, -0.25) is 4.79 Å². The summed E-state index contributed by atoms with van der Waals surface area (Å²) in [5.41, 5.74) is -0.620. The van der Waals surface area contributed by atoms with E-state index in [1.165, 1.54) is 0 Å². The maximum absolute atomic E-state index is 11.7. The topological polar surface area (TPSA) is 37.3 Å². The van der Waals surface area contributed by atoms with E-state index in [0.717, 1.165) is 31.4 Å². The summed E-state index contributed by atoms with van der Waals surface area (Å²) in [5.74, 6) is 2.67. The number of carbonyl (C=O) groups is 1. The highest BCUT2D eigenvalue weighted by atomic mass is 32.2. The van der Waals surface area contributed by atoms with Crippen LogP contribution in [-0.2, 0) is 4.79 Å². The van der Waals surface area contributed by atoms with Crippen molar-refractivity contribution in [3.8, 4) is 0 Å². The van der Waals surface area contributed by atoms with Crippen molar-refractivity contribution in [1.82, 2.24) is 0 Å². The van der Waals surface area contributed by atoms with Crippen molar-refractivity contribution in [2.24, 2.45) is 11.8 Å². The summed E-state index contributed by atoms with van der Waals surface area (Å²) in [5, 5.41) is 10.5. The second-order valence-electron chi connectivity index (χ2n) is 4.89. The van der Waals surface area contributed by atoms with Gasteiger partial charge in [-0.2, -0.15) is 11.8 Å². The molecule has 1 N–H and O–H groups in total. The van der Waals surface area contributed by atoms with E-state index < -0.39 is 5.60 Å². The first-order chi connectivity index (χ1) is 7.16. The van der Waals surface area contributed by atoms with Crippen molar-refractivity contribution in [2.45, 2.75) is 44.6 Å². The van der Waals surface area contributed by atoms with Crippen molar-refractivity contribution in [3.05, 3.63) is 0 Å². The van der Waals surface area contributed by atoms with Gasteiger partial charge >= 0.3 is 0 Å². The van der Waals surface area contributed by atoms with Gasteiger partial charge < -0.3 is 5.11 Å². The molecule has 2 fully saturated rings. The van der Waals surface area contributed by atoms with Gasteiger partial charge in [0.15, 0.2) is 0 Å². The highest BCUT2D eigenvalue weighted by Gasteiger charge is 2.53. The van der Waals surface area contributed by atoms with Crippen molar-refractivity contribution < 1.29 is 9.90 Å². The molecule has 86 valence electrons. The molecular weight excluding hydrogens is 208 g/mol. The maximum atomic E-state index is 11.7.